The third kappa shape index (κ3) is 7.03. The Morgan fingerprint density at radius 3 is 2.33 bits per heavy atom. The van der Waals surface area contributed by atoms with E-state index in [-0.39, 0.29) is 24.7 Å². The minimum absolute atomic E-state index is 0.0560. The summed E-state index contributed by atoms with van der Waals surface area (Å²) < 4.78 is 26.6. The van der Waals surface area contributed by atoms with Gasteiger partial charge in [0, 0.05) is 37.9 Å². The van der Waals surface area contributed by atoms with Crippen LogP contribution in [0, 0.1) is 0 Å². The lowest BCUT2D eigenvalue weighted by molar-refractivity contribution is 0.0956. The summed E-state index contributed by atoms with van der Waals surface area (Å²) in [5.41, 5.74) is 2.44. The first kappa shape index (κ1) is 20.9. The van der Waals surface area contributed by atoms with E-state index in [2.05, 4.69) is 21.9 Å². The van der Waals surface area contributed by atoms with Crippen LogP contribution in [0.4, 0.5) is 5.69 Å². The summed E-state index contributed by atoms with van der Waals surface area (Å²) in [7, 11) is -1.45. The fraction of sp³-hybridized carbons (Fsp3) is 0.350. The predicted molar refractivity (Wildman–Crippen MR) is 109 cm³/mol. The zero-order chi connectivity index (χ0) is 19.7. The molecule has 146 valence electrons. The lowest BCUT2D eigenvalue weighted by atomic mass is 10.2. The fourth-order valence-corrected chi connectivity index (χ4v) is 3.50. The van der Waals surface area contributed by atoms with Gasteiger partial charge in [0.05, 0.1) is 5.75 Å². The van der Waals surface area contributed by atoms with Crippen molar-refractivity contribution in [3.63, 3.8) is 0 Å². The molecule has 0 aliphatic rings. The number of carbonyl (C=O) groups excluding carboxylic acids is 1. The molecular weight excluding hydrogens is 362 g/mol. The minimum atomic E-state index is -3.45. The molecule has 2 aromatic rings. The second-order valence-electron chi connectivity index (χ2n) is 6.35. The lowest BCUT2D eigenvalue weighted by Crippen LogP contribution is -2.34. The number of nitrogens with one attached hydrogen (secondary N) is 2. The molecule has 0 spiro atoms. The summed E-state index contributed by atoms with van der Waals surface area (Å²) in [5, 5.41) is 2.66. The fourth-order valence-electron chi connectivity index (χ4n) is 2.59. The molecule has 2 N–H and O–H groups in total. The molecule has 0 aromatic heterocycles. The molecule has 2 rings (SSSR count). The van der Waals surface area contributed by atoms with Crippen LogP contribution in [0.2, 0.25) is 0 Å². The Morgan fingerprint density at radius 1 is 1.04 bits per heavy atom. The highest BCUT2D eigenvalue weighted by atomic mass is 32.2. The Kier molecular flexibility index (Phi) is 7.82. The molecule has 0 aliphatic carbocycles. The van der Waals surface area contributed by atoms with Crippen LogP contribution >= 0.6 is 0 Å². The van der Waals surface area contributed by atoms with Gasteiger partial charge in [-0.3, -0.25) is 4.79 Å². The van der Waals surface area contributed by atoms with Gasteiger partial charge in [-0.15, -0.1) is 0 Å². The van der Waals surface area contributed by atoms with Gasteiger partial charge in [-0.25, -0.2) is 13.1 Å². The normalized spacial score (nSPS) is 11.2. The number of anilines is 1. The summed E-state index contributed by atoms with van der Waals surface area (Å²) in [6, 6.07) is 16.6. The molecule has 1 amide bonds. The Morgan fingerprint density at radius 2 is 1.70 bits per heavy atom. The second kappa shape index (κ2) is 10.1. The van der Waals surface area contributed by atoms with E-state index in [0.29, 0.717) is 5.56 Å². The van der Waals surface area contributed by atoms with Gasteiger partial charge in [0.2, 0.25) is 10.0 Å². The van der Waals surface area contributed by atoms with Crippen LogP contribution < -0.4 is 14.9 Å². The van der Waals surface area contributed by atoms with Crippen molar-refractivity contribution in [1.29, 1.82) is 0 Å². The van der Waals surface area contributed by atoms with Crippen LogP contribution in [-0.2, 0) is 16.6 Å². The summed E-state index contributed by atoms with van der Waals surface area (Å²) >= 11 is 0. The molecule has 0 heterocycles. The summed E-state index contributed by atoms with van der Waals surface area (Å²) in [6.07, 6.45) is 1.05. The van der Waals surface area contributed by atoms with Gasteiger partial charge in [0.25, 0.3) is 5.91 Å². The predicted octanol–water partition coefficient (Wildman–Crippen LogP) is 2.38. The molecule has 0 bridgehead atoms. The SMILES string of the molecule is CCCN(C)c1ccc(C(=O)NCCS(=O)(=O)NCc2ccccc2)cc1. The van der Waals surface area contributed by atoms with Crippen molar-refractivity contribution in [1.82, 2.24) is 10.0 Å². The molecule has 0 atom stereocenters. The highest BCUT2D eigenvalue weighted by Crippen LogP contribution is 2.14. The molecular formula is C20H27N3O3S. The Bertz CT molecular complexity index is 821. The molecule has 0 saturated carbocycles. The van der Waals surface area contributed by atoms with Crippen LogP contribution in [0.25, 0.3) is 0 Å². The van der Waals surface area contributed by atoms with E-state index >= 15 is 0 Å². The zero-order valence-corrected chi connectivity index (χ0v) is 16.6. The first-order valence-electron chi connectivity index (χ1n) is 9.02. The topological polar surface area (TPSA) is 78.5 Å². The van der Waals surface area contributed by atoms with E-state index in [1.165, 1.54) is 0 Å². The first-order valence-corrected chi connectivity index (χ1v) is 10.7. The summed E-state index contributed by atoms with van der Waals surface area (Å²) in [4.78, 5) is 14.3. The molecule has 0 saturated heterocycles. The van der Waals surface area contributed by atoms with Crippen molar-refractivity contribution in [2.75, 3.05) is 30.8 Å². The van der Waals surface area contributed by atoms with E-state index in [9.17, 15) is 13.2 Å². The van der Waals surface area contributed by atoms with Crippen molar-refractivity contribution in [3.05, 3.63) is 65.7 Å². The van der Waals surface area contributed by atoms with E-state index < -0.39 is 10.0 Å². The third-order valence-corrected chi connectivity index (χ3v) is 5.45. The van der Waals surface area contributed by atoms with Gasteiger partial charge in [0.1, 0.15) is 0 Å². The maximum atomic E-state index is 12.2. The second-order valence-corrected chi connectivity index (χ2v) is 8.28. The van der Waals surface area contributed by atoms with Crippen LogP contribution in [0.15, 0.2) is 54.6 Å². The van der Waals surface area contributed by atoms with Crippen LogP contribution in [0.5, 0.6) is 0 Å². The molecule has 0 aliphatic heterocycles. The van der Waals surface area contributed by atoms with Crippen LogP contribution in [0.3, 0.4) is 0 Å². The number of hydrogen-bond donors (Lipinski definition) is 2. The number of amides is 1. The summed E-state index contributed by atoms with van der Waals surface area (Å²) in [6.45, 7) is 3.35. The highest BCUT2D eigenvalue weighted by molar-refractivity contribution is 7.89. The van der Waals surface area contributed by atoms with Gasteiger partial charge in [-0.2, -0.15) is 0 Å². The molecule has 0 fully saturated rings. The smallest absolute Gasteiger partial charge is 0.251 e. The monoisotopic (exact) mass is 389 g/mol. The van der Waals surface area contributed by atoms with Crippen LogP contribution in [-0.4, -0.2) is 40.2 Å². The van der Waals surface area contributed by atoms with Crippen molar-refractivity contribution < 1.29 is 13.2 Å². The largest absolute Gasteiger partial charge is 0.375 e. The maximum Gasteiger partial charge on any atom is 0.251 e. The third-order valence-electron chi connectivity index (χ3n) is 4.12. The number of hydrogen-bond acceptors (Lipinski definition) is 4. The number of sulfonamides is 1. The van der Waals surface area contributed by atoms with E-state index in [1.54, 1.807) is 12.1 Å². The van der Waals surface area contributed by atoms with Crippen molar-refractivity contribution in [2.45, 2.75) is 19.9 Å². The van der Waals surface area contributed by atoms with Gasteiger partial charge in [-0.1, -0.05) is 37.3 Å². The van der Waals surface area contributed by atoms with Crippen molar-refractivity contribution in [3.8, 4) is 0 Å². The van der Waals surface area contributed by atoms with E-state index in [1.807, 2.05) is 49.5 Å². The molecule has 7 heteroatoms. The van der Waals surface area contributed by atoms with Gasteiger partial charge in [-0.05, 0) is 36.2 Å². The van der Waals surface area contributed by atoms with Gasteiger partial charge < -0.3 is 10.2 Å². The number of benzene rings is 2. The quantitative estimate of drug-likeness (QED) is 0.654. The number of rotatable bonds is 10. The highest BCUT2D eigenvalue weighted by Gasteiger charge is 2.12. The Balaban J connectivity index is 1.79. The first-order chi connectivity index (χ1) is 12.9. The van der Waals surface area contributed by atoms with E-state index in [4.69, 9.17) is 0 Å². The Hall–Kier alpha value is -2.38. The van der Waals surface area contributed by atoms with Crippen molar-refractivity contribution in [2.24, 2.45) is 0 Å². The van der Waals surface area contributed by atoms with Gasteiger partial charge >= 0.3 is 0 Å². The van der Waals surface area contributed by atoms with Gasteiger partial charge in [0.15, 0.2) is 0 Å². The van der Waals surface area contributed by atoms with E-state index in [0.717, 1.165) is 24.2 Å². The number of nitrogens with zero attached hydrogens (tertiary/aromatic N) is 1. The molecule has 0 radical (unpaired) electrons. The average Bonchev–Trinajstić information content (AvgIpc) is 2.67. The average molecular weight is 390 g/mol. The standard InChI is InChI=1S/C20H27N3O3S/c1-3-14-23(2)19-11-9-18(10-12-19)20(24)21-13-15-27(25,26)22-16-17-7-5-4-6-8-17/h4-12,22H,3,13-16H2,1-2H3,(H,21,24). The molecule has 27 heavy (non-hydrogen) atoms. The Labute approximate surface area is 161 Å². The lowest BCUT2D eigenvalue weighted by Gasteiger charge is -2.18. The van der Waals surface area contributed by atoms with Crippen molar-refractivity contribution >= 4 is 21.6 Å². The molecule has 6 nitrogen and oxygen atoms in total. The molecule has 2 aromatic carbocycles. The molecule has 0 unspecified atom stereocenters. The van der Waals surface area contributed by atoms with Crippen LogP contribution in [0.1, 0.15) is 29.3 Å². The minimum Gasteiger partial charge on any atom is -0.375 e. The summed E-state index contributed by atoms with van der Waals surface area (Å²) in [5.74, 6) is -0.443. The zero-order valence-electron chi connectivity index (χ0n) is 15.8. The number of carbonyl (C=O) groups is 1. The maximum absolute atomic E-state index is 12.2.